The van der Waals surface area contributed by atoms with Gasteiger partial charge in [0.25, 0.3) is 5.91 Å². The fourth-order valence-electron chi connectivity index (χ4n) is 1.48. The Morgan fingerprint density at radius 1 is 1.28 bits per heavy atom. The molecule has 0 aliphatic rings. The van der Waals surface area contributed by atoms with Gasteiger partial charge in [-0.05, 0) is 46.6 Å². The highest BCUT2D eigenvalue weighted by Crippen LogP contribution is 2.21. The van der Waals surface area contributed by atoms with E-state index in [1.54, 1.807) is 12.1 Å². The molecule has 2 aromatic rings. The summed E-state index contributed by atoms with van der Waals surface area (Å²) in [5.74, 6) is -0.770. The van der Waals surface area contributed by atoms with Crippen LogP contribution in [0.15, 0.2) is 40.9 Å². The van der Waals surface area contributed by atoms with Crippen molar-refractivity contribution in [3.05, 3.63) is 57.9 Å². The van der Waals surface area contributed by atoms with Crippen LogP contribution in [0, 0.1) is 12.9 Å². The Kier molecular flexibility index (Phi) is 3.72. The predicted molar refractivity (Wildman–Crippen MR) is 71.0 cm³/mol. The number of carbonyl (C=O) groups excluding carboxylic acids is 1. The predicted octanol–water partition coefficient (Wildman–Crippen LogP) is 3.54. The van der Waals surface area contributed by atoms with E-state index in [2.05, 4.69) is 26.2 Å². The maximum atomic E-state index is 12.9. The van der Waals surface area contributed by atoms with Crippen molar-refractivity contribution in [2.75, 3.05) is 5.32 Å². The normalized spacial score (nSPS) is 10.2. The second kappa shape index (κ2) is 5.27. The van der Waals surface area contributed by atoms with Gasteiger partial charge in [-0.1, -0.05) is 18.2 Å². The van der Waals surface area contributed by atoms with E-state index < -0.39 is 5.95 Å². The summed E-state index contributed by atoms with van der Waals surface area (Å²) in [6, 6.07) is 9.60. The minimum absolute atomic E-state index is 0.188. The van der Waals surface area contributed by atoms with Crippen molar-refractivity contribution in [1.82, 2.24) is 4.98 Å². The quantitative estimate of drug-likeness (QED) is 0.862. The molecule has 92 valence electrons. The van der Waals surface area contributed by atoms with E-state index in [9.17, 15) is 9.18 Å². The maximum Gasteiger partial charge on any atom is 0.257 e. The molecule has 3 nitrogen and oxygen atoms in total. The van der Waals surface area contributed by atoms with Gasteiger partial charge in [0.05, 0.1) is 5.56 Å². The number of anilines is 1. The molecule has 0 saturated heterocycles. The van der Waals surface area contributed by atoms with E-state index in [0.717, 1.165) is 10.0 Å². The molecule has 1 N–H and O–H groups in total. The van der Waals surface area contributed by atoms with E-state index in [-0.39, 0.29) is 11.7 Å². The largest absolute Gasteiger partial charge is 0.306 e. The molecule has 0 atom stereocenters. The van der Waals surface area contributed by atoms with Crippen LogP contribution in [-0.2, 0) is 0 Å². The van der Waals surface area contributed by atoms with Gasteiger partial charge in [-0.15, -0.1) is 0 Å². The zero-order valence-corrected chi connectivity index (χ0v) is 11.2. The SMILES string of the molecule is Cc1cccc(C(=O)Nc2cccc(F)n2)c1Br. The Morgan fingerprint density at radius 2 is 2.00 bits per heavy atom. The summed E-state index contributed by atoms with van der Waals surface area (Å²) in [6.07, 6.45) is 0. The van der Waals surface area contributed by atoms with Crippen molar-refractivity contribution in [3.8, 4) is 0 Å². The molecule has 0 bridgehead atoms. The Balaban J connectivity index is 2.25. The topological polar surface area (TPSA) is 42.0 Å². The lowest BCUT2D eigenvalue weighted by molar-refractivity contribution is 0.102. The molecule has 1 aromatic carbocycles. The van der Waals surface area contributed by atoms with Crippen LogP contribution in [0.4, 0.5) is 10.2 Å². The smallest absolute Gasteiger partial charge is 0.257 e. The highest BCUT2D eigenvalue weighted by Gasteiger charge is 2.12. The zero-order valence-electron chi connectivity index (χ0n) is 9.58. The lowest BCUT2D eigenvalue weighted by Crippen LogP contribution is -2.14. The Labute approximate surface area is 112 Å². The molecule has 1 aromatic heterocycles. The average molecular weight is 309 g/mol. The van der Waals surface area contributed by atoms with Crippen molar-refractivity contribution >= 4 is 27.7 Å². The van der Waals surface area contributed by atoms with Gasteiger partial charge < -0.3 is 5.32 Å². The van der Waals surface area contributed by atoms with E-state index in [4.69, 9.17) is 0 Å². The fourth-order valence-corrected chi connectivity index (χ4v) is 1.93. The molecule has 2 rings (SSSR count). The van der Waals surface area contributed by atoms with Crippen LogP contribution < -0.4 is 5.32 Å². The first-order valence-corrected chi connectivity index (χ1v) is 6.06. The molecular weight excluding hydrogens is 299 g/mol. The first-order valence-electron chi connectivity index (χ1n) is 5.27. The third-order valence-electron chi connectivity index (χ3n) is 2.39. The van der Waals surface area contributed by atoms with E-state index in [1.807, 2.05) is 13.0 Å². The Bertz CT molecular complexity index is 601. The zero-order chi connectivity index (χ0) is 13.1. The number of hydrogen-bond acceptors (Lipinski definition) is 2. The number of halogens is 2. The van der Waals surface area contributed by atoms with Gasteiger partial charge in [0.15, 0.2) is 0 Å². The third kappa shape index (κ3) is 2.73. The van der Waals surface area contributed by atoms with Crippen molar-refractivity contribution in [2.45, 2.75) is 6.92 Å². The summed E-state index contributed by atoms with van der Waals surface area (Å²) in [5, 5.41) is 2.55. The molecule has 0 aliphatic heterocycles. The van der Waals surface area contributed by atoms with Crippen LogP contribution in [0.3, 0.4) is 0 Å². The summed E-state index contributed by atoms with van der Waals surface area (Å²) >= 11 is 3.35. The van der Waals surface area contributed by atoms with Crippen LogP contribution >= 0.6 is 15.9 Å². The van der Waals surface area contributed by atoms with Crippen molar-refractivity contribution in [2.24, 2.45) is 0 Å². The standard InChI is InChI=1S/C13H10BrFN2O/c1-8-4-2-5-9(12(8)14)13(18)17-11-7-3-6-10(15)16-11/h2-7H,1H3,(H,16,17,18). The van der Waals surface area contributed by atoms with Gasteiger partial charge in [0, 0.05) is 4.47 Å². The fraction of sp³-hybridized carbons (Fsp3) is 0.0769. The van der Waals surface area contributed by atoms with Crippen LogP contribution in [0.2, 0.25) is 0 Å². The minimum atomic E-state index is -0.629. The molecular formula is C13H10BrFN2O. The first-order chi connectivity index (χ1) is 8.58. The molecule has 0 spiro atoms. The second-order valence-corrected chi connectivity index (χ2v) is 4.53. The number of rotatable bonds is 2. The molecule has 1 heterocycles. The van der Waals surface area contributed by atoms with Crippen molar-refractivity contribution in [3.63, 3.8) is 0 Å². The first kappa shape index (κ1) is 12.7. The molecule has 0 radical (unpaired) electrons. The number of pyridine rings is 1. The summed E-state index contributed by atoms with van der Waals surface area (Å²) in [7, 11) is 0. The lowest BCUT2D eigenvalue weighted by Gasteiger charge is -2.07. The number of nitrogens with zero attached hydrogens (tertiary/aromatic N) is 1. The van der Waals surface area contributed by atoms with Gasteiger partial charge in [-0.2, -0.15) is 4.39 Å². The van der Waals surface area contributed by atoms with Gasteiger partial charge in [-0.3, -0.25) is 4.79 Å². The molecule has 0 unspecified atom stereocenters. The minimum Gasteiger partial charge on any atom is -0.306 e. The number of amides is 1. The number of benzene rings is 1. The van der Waals surface area contributed by atoms with Crippen LogP contribution in [0.25, 0.3) is 0 Å². The van der Waals surface area contributed by atoms with Gasteiger partial charge in [0.1, 0.15) is 5.82 Å². The molecule has 0 aliphatic carbocycles. The van der Waals surface area contributed by atoms with Gasteiger partial charge >= 0.3 is 0 Å². The highest BCUT2D eigenvalue weighted by atomic mass is 79.9. The van der Waals surface area contributed by atoms with Crippen LogP contribution in [0.1, 0.15) is 15.9 Å². The summed E-state index contributed by atoms with van der Waals surface area (Å²) < 4.78 is 13.6. The molecule has 1 amide bonds. The monoisotopic (exact) mass is 308 g/mol. The van der Waals surface area contributed by atoms with Gasteiger partial charge in [0.2, 0.25) is 5.95 Å². The van der Waals surface area contributed by atoms with Crippen LogP contribution in [-0.4, -0.2) is 10.9 Å². The maximum absolute atomic E-state index is 12.9. The number of aryl methyl sites for hydroxylation is 1. The molecule has 0 fully saturated rings. The number of hydrogen-bond donors (Lipinski definition) is 1. The molecule has 5 heteroatoms. The van der Waals surface area contributed by atoms with E-state index >= 15 is 0 Å². The van der Waals surface area contributed by atoms with E-state index in [1.165, 1.54) is 18.2 Å². The Hall–Kier alpha value is -1.75. The number of carbonyl (C=O) groups is 1. The second-order valence-electron chi connectivity index (χ2n) is 3.74. The van der Waals surface area contributed by atoms with Crippen molar-refractivity contribution in [1.29, 1.82) is 0 Å². The highest BCUT2D eigenvalue weighted by molar-refractivity contribution is 9.10. The average Bonchev–Trinajstić information content (AvgIpc) is 2.32. The van der Waals surface area contributed by atoms with Gasteiger partial charge in [-0.25, -0.2) is 4.98 Å². The number of aromatic nitrogens is 1. The Morgan fingerprint density at radius 3 is 2.72 bits per heavy atom. The summed E-state index contributed by atoms with van der Waals surface area (Å²) in [6.45, 7) is 1.89. The molecule has 0 saturated carbocycles. The summed E-state index contributed by atoms with van der Waals surface area (Å²) in [5.41, 5.74) is 1.44. The number of nitrogens with one attached hydrogen (secondary N) is 1. The van der Waals surface area contributed by atoms with Crippen LogP contribution in [0.5, 0.6) is 0 Å². The third-order valence-corrected chi connectivity index (χ3v) is 3.45. The summed E-state index contributed by atoms with van der Waals surface area (Å²) in [4.78, 5) is 15.6. The van der Waals surface area contributed by atoms with Crippen molar-refractivity contribution < 1.29 is 9.18 Å². The molecule has 18 heavy (non-hydrogen) atoms. The lowest BCUT2D eigenvalue weighted by atomic mass is 10.1. The van der Waals surface area contributed by atoms with E-state index in [0.29, 0.717) is 5.56 Å².